The van der Waals surface area contributed by atoms with Crippen LogP contribution in [0.25, 0.3) is 0 Å². The molecule has 9 heteroatoms. The molecule has 35 heavy (non-hydrogen) atoms. The Kier molecular flexibility index (Phi) is 15.2. The molecule has 1 atom stereocenters. The molecule has 0 fully saturated rings. The summed E-state index contributed by atoms with van der Waals surface area (Å²) in [5.41, 5.74) is 7.61. The second-order valence-electron chi connectivity index (χ2n) is 7.41. The summed E-state index contributed by atoms with van der Waals surface area (Å²) < 4.78 is 21.8. The first kappa shape index (κ1) is 29.6. The third-order valence-corrected chi connectivity index (χ3v) is 4.75. The van der Waals surface area contributed by atoms with Crippen LogP contribution in [0.15, 0.2) is 76.9 Å². The zero-order chi connectivity index (χ0) is 25.9. The fourth-order valence-corrected chi connectivity index (χ4v) is 2.88. The van der Waals surface area contributed by atoms with Crippen molar-refractivity contribution in [3.8, 4) is 5.88 Å². The van der Waals surface area contributed by atoms with Crippen LogP contribution < -0.4 is 15.5 Å². The minimum absolute atomic E-state index is 0.0242. The fraction of sp³-hybridized carbons (Fsp3) is 0.423. The van der Waals surface area contributed by atoms with Crippen LogP contribution in [-0.4, -0.2) is 63.5 Å². The average molecular weight is 486 g/mol. The molecule has 9 nitrogen and oxygen atoms in total. The normalized spacial score (nSPS) is 14.3. The second kappa shape index (κ2) is 18.0. The topological polar surface area (TPSA) is 104 Å². The highest BCUT2D eigenvalue weighted by Crippen LogP contribution is 2.19. The summed E-state index contributed by atoms with van der Waals surface area (Å²) in [6, 6.07) is 1.73. The highest BCUT2D eigenvalue weighted by molar-refractivity contribution is 5.55. The van der Waals surface area contributed by atoms with Crippen LogP contribution in [0.4, 0.5) is 5.82 Å². The van der Waals surface area contributed by atoms with Gasteiger partial charge < -0.3 is 24.7 Å². The van der Waals surface area contributed by atoms with Gasteiger partial charge in [0.15, 0.2) is 5.82 Å². The first-order chi connectivity index (χ1) is 17.0. The summed E-state index contributed by atoms with van der Waals surface area (Å²) in [5.74, 6) is 1.72. The third kappa shape index (κ3) is 12.0. The second-order valence-corrected chi connectivity index (χ2v) is 7.41. The molecule has 0 aliphatic heterocycles. The van der Waals surface area contributed by atoms with Gasteiger partial charge in [-0.1, -0.05) is 36.5 Å². The molecule has 0 bridgehead atoms. The molecule has 0 aliphatic carbocycles. The lowest BCUT2D eigenvalue weighted by Gasteiger charge is -2.19. The van der Waals surface area contributed by atoms with E-state index >= 15 is 0 Å². The molecule has 0 saturated carbocycles. The van der Waals surface area contributed by atoms with Gasteiger partial charge in [0.2, 0.25) is 5.88 Å². The van der Waals surface area contributed by atoms with Crippen LogP contribution in [0.3, 0.4) is 0 Å². The van der Waals surface area contributed by atoms with E-state index in [1.807, 2.05) is 57.2 Å². The minimum atomic E-state index is -0.0242. The Morgan fingerprint density at radius 1 is 1.20 bits per heavy atom. The van der Waals surface area contributed by atoms with Crippen molar-refractivity contribution < 1.29 is 18.9 Å². The van der Waals surface area contributed by atoms with Crippen LogP contribution in [0.5, 0.6) is 5.88 Å². The van der Waals surface area contributed by atoms with Crippen LogP contribution in [0.1, 0.15) is 27.2 Å². The van der Waals surface area contributed by atoms with Crippen LogP contribution in [0.2, 0.25) is 0 Å². The zero-order valence-electron chi connectivity index (χ0n) is 21.7. The SMILES string of the molecule is C\C=C/C=C\C(OC)=C(/C)COc1cc(N(CCC(/C=C\COC)=C/C(C)OC)/N=C/N)ncn1. The number of rotatable bonds is 16. The molecule has 1 unspecified atom stereocenters. The van der Waals surface area contributed by atoms with Crippen LogP contribution in [-0.2, 0) is 14.2 Å². The molecule has 1 aromatic heterocycles. The third-order valence-electron chi connectivity index (χ3n) is 4.75. The van der Waals surface area contributed by atoms with Crippen LogP contribution >= 0.6 is 0 Å². The Balaban J connectivity index is 2.98. The van der Waals surface area contributed by atoms with Crippen molar-refractivity contribution in [2.75, 3.05) is 46.1 Å². The average Bonchev–Trinajstić information content (AvgIpc) is 2.87. The van der Waals surface area contributed by atoms with Crippen LogP contribution in [0, 0.1) is 0 Å². The molecule has 0 amide bonds. The van der Waals surface area contributed by atoms with Gasteiger partial charge in [-0.15, -0.1) is 0 Å². The predicted molar refractivity (Wildman–Crippen MR) is 141 cm³/mol. The number of anilines is 1. The van der Waals surface area contributed by atoms with E-state index in [1.165, 1.54) is 12.7 Å². The van der Waals surface area contributed by atoms with Gasteiger partial charge in [-0.2, -0.15) is 5.10 Å². The lowest BCUT2D eigenvalue weighted by Crippen LogP contribution is -2.21. The van der Waals surface area contributed by atoms with E-state index in [9.17, 15) is 0 Å². The zero-order valence-corrected chi connectivity index (χ0v) is 21.7. The molecule has 0 aliphatic rings. The number of nitrogens with two attached hydrogens (primary N) is 1. The summed E-state index contributed by atoms with van der Waals surface area (Å²) in [6.07, 6.45) is 17.0. The fourth-order valence-electron chi connectivity index (χ4n) is 2.88. The van der Waals surface area contributed by atoms with Gasteiger partial charge in [0.25, 0.3) is 0 Å². The van der Waals surface area contributed by atoms with Crippen molar-refractivity contribution in [2.45, 2.75) is 33.3 Å². The quantitative estimate of drug-likeness (QED) is 0.122. The van der Waals surface area contributed by atoms with Crippen molar-refractivity contribution in [1.29, 1.82) is 0 Å². The highest BCUT2D eigenvalue weighted by Gasteiger charge is 2.11. The number of hydrazone groups is 1. The first-order valence-electron chi connectivity index (χ1n) is 11.4. The predicted octanol–water partition coefficient (Wildman–Crippen LogP) is 4.17. The molecule has 0 radical (unpaired) electrons. The van der Waals surface area contributed by atoms with E-state index in [0.29, 0.717) is 37.9 Å². The highest BCUT2D eigenvalue weighted by atomic mass is 16.5. The van der Waals surface area contributed by atoms with Crippen molar-refractivity contribution in [2.24, 2.45) is 10.8 Å². The van der Waals surface area contributed by atoms with E-state index in [1.54, 1.807) is 32.4 Å². The largest absolute Gasteiger partial charge is 0.497 e. The molecule has 1 aromatic rings. The molecule has 1 heterocycles. The van der Waals surface area contributed by atoms with E-state index in [2.05, 4.69) is 21.1 Å². The van der Waals surface area contributed by atoms with Gasteiger partial charge in [0.05, 0.1) is 19.8 Å². The number of hydrogen-bond acceptors (Lipinski definition) is 8. The van der Waals surface area contributed by atoms with E-state index in [0.717, 1.165) is 16.9 Å². The van der Waals surface area contributed by atoms with E-state index < -0.39 is 0 Å². The molecular formula is C26H39N5O4. The number of methoxy groups -OCH3 is 3. The summed E-state index contributed by atoms with van der Waals surface area (Å²) in [5, 5.41) is 5.97. The Morgan fingerprint density at radius 2 is 2.00 bits per heavy atom. The number of nitrogens with zero attached hydrogens (tertiary/aromatic N) is 4. The van der Waals surface area contributed by atoms with E-state index in [4.69, 9.17) is 24.7 Å². The van der Waals surface area contributed by atoms with Gasteiger partial charge in [-0.05, 0) is 38.8 Å². The monoisotopic (exact) mass is 485 g/mol. The maximum absolute atomic E-state index is 5.88. The Bertz CT molecular complexity index is 922. The Labute approximate surface area is 209 Å². The number of allylic oxidation sites excluding steroid dienone is 5. The van der Waals surface area contributed by atoms with Gasteiger partial charge in [-0.25, -0.2) is 15.0 Å². The Hall–Kier alpha value is -3.43. The minimum Gasteiger partial charge on any atom is -0.497 e. The van der Waals surface area contributed by atoms with Gasteiger partial charge in [0, 0.05) is 32.4 Å². The van der Waals surface area contributed by atoms with Gasteiger partial charge in [-0.3, -0.25) is 0 Å². The van der Waals surface area contributed by atoms with Crippen molar-refractivity contribution in [1.82, 2.24) is 9.97 Å². The number of hydrogen-bond donors (Lipinski definition) is 1. The molecule has 0 spiro atoms. The molecule has 2 N–H and O–H groups in total. The number of ether oxygens (including phenoxy) is 4. The van der Waals surface area contributed by atoms with Crippen molar-refractivity contribution in [3.63, 3.8) is 0 Å². The summed E-state index contributed by atoms with van der Waals surface area (Å²) in [7, 11) is 4.97. The number of aromatic nitrogens is 2. The first-order valence-corrected chi connectivity index (χ1v) is 11.4. The maximum atomic E-state index is 5.88. The van der Waals surface area contributed by atoms with Gasteiger partial charge in [0.1, 0.15) is 25.0 Å². The lowest BCUT2D eigenvalue weighted by molar-refractivity contribution is 0.155. The lowest BCUT2D eigenvalue weighted by atomic mass is 10.1. The van der Waals surface area contributed by atoms with Gasteiger partial charge >= 0.3 is 0 Å². The maximum Gasteiger partial charge on any atom is 0.218 e. The standard InChI is InChI=1S/C26H39N5O4/c1-7-8-9-12-24(34-6)21(2)18-35-26-17-25(28-20-29-26)31(30-19-27)14-13-23(11-10-15-32-4)16-22(3)33-5/h7-12,16-17,19-20,22H,13-15,18H2,1-6H3,(H2,27,30)/b8-7-,11-10-,12-9-,23-16+,24-21-. The molecular weight excluding hydrogens is 446 g/mol. The summed E-state index contributed by atoms with van der Waals surface area (Å²) >= 11 is 0. The van der Waals surface area contributed by atoms with E-state index in [-0.39, 0.29) is 6.10 Å². The van der Waals surface area contributed by atoms with Crippen molar-refractivity contribution in [3.05, 3.63) is 71.8 Å². The molecule has 192 valence electrons. The molecule has 1 rings (SSSR count). The van der Waals surface area contributed by atoms with Crippen molar-refractivity contribution >= 4 is 12.2 Å². The Morgan fingerprint density at radius 3 is 2.66 bits per heavy atom. The summed E-state index contributed by atoms with van der Waals surface area (Å²) in [4.78, 5) is 8.57. The smallest absolute Gasteiger partial charge is 0.218 e. The molecule has 0 saturated heterocycles. The summed E-state index contributed by atoms with van der Waals surface area (Å²) in [6.45, 7) is 7.25. The molecule has 0 aromatic carbocycles.